The number of amides is 1. The lowest BCUT2D eigenvalue weighted by molar-refractivity contribution is -0.139. The molecule has 0 saturated carbocycles. The standard InChI is InChI=1S/C11H22N2O/c1-4-5-10(14)13-8-9(12)6-7-11(13,2)3/h9H,4-8,12H2,1-3H3. The van der Waals surface area contributed by atoms with Gasteiger partial charge in [-0.25, -0.2) is 0 Å². The number of rotatable bonds is 2. The van der Waals surface area contributed by atoms with E-state index < -0.39 is 0 Å². The Bertz CT molecular complexity index is 213. The van der Waals surface area contributed by atoms with Crippen LogP contribution >= 0.6 is 0 Å². The summed E-state index contributed by atoms with van der Waals surface area (Å²) in [6, 6.07) is 0.170. The van der Waals surface area contributed by atoms with Gasteiger partial charge in [0.15, 0.2) is 0 Å². The molecule has 0 aromatic heterocycles. The zero-order valence-corrected chi connectivity index (χ0v) is 9.55. The van der Waals surface area contributed by atoms with E-state index in [-0.39, 0.29) is 17.5 Å². The summed E-state index contributed by atoms with van der Waals surface area (Å²) in [5.41, 5.74) is 5.89. The van der Waals surface area contributed by atoms with E-state index in [1.165, 1.54) is 0 Å². The Morgan fingerprint density at radius 2 is 2.21 bits per heavy atom. The number of piperidine rings is 1. The van der Waals surface area contributed by atoms with Gasteiger partial charge >= 0.3 is 0 Å². The van der Waals surface area contributed by atoms with Crippen molar-refractivity contribution < 1.29 is 4.79 Å². The number of nitrogens with two attached hydrogens (primary N) is 1. The Morgan fingerprint density at radius 1 is 1.57 bits per heavy atom. The summed E-state index contributed by atoms with van der Waals surface area (Å²) in [5, 5.41) is 0. The molecule has 1 unspecified atom stereocenters. The van der Waals surface area contributed by atoms with Gasteiger partial charge in [0.2, 0.25) is 5.91 Å². The van der Waals surface area contributed by atoms with Crippen molar-refractivity contribution in [1.82, 2.24) is 4.90 Å². The predicted molar refractivity (Wildman–Crippen MR) is 57.9 cm³/mol. The van der Waals surface area contributed by atoms with Crippen LogP contribution in [0.25, 0.3) is 0 Å². The third-order valence-corrected chi connectivity index (χ3v) is 3.04. The minimum absolute atomic E-state index is 0.00211. The van der Waals surface area contributed by atoms with Crippen molar-refractivity contribution in [1.29, 1.82) is 0 Å². The zero-order chi connectivity index (χ0) is 10.8. The summed E-state index contributed by atoms with van der Waals surface area (Å²) in [4.78, 5) is 13.8. The number of carbonyl (C=O) groups is 1. The van der Waals surface area contributed by atoms with Gasteiger partial charge in [0.05, 0.1) is 0 Å². The van der Waals surface area contributed by atoms with Crippen LogP contribution in [0.4, 0.5) is 0 Å². The highest BCUT2D eigenvalue weighted by molar-refractivity contribution is 5.77. The zero-order valence-electron chi connectivity index (χ0n) is 9.55. The quantitative estimate of drug-likeness (QED) is 0.731. The molecule has 1 fully saturated rings. The summed E-state index contributed by atoms with van der Waals surface area (Å²) in [5.74, 6) is 0.257. The molecule has 0 bridgehead atoms. The summed E-state index contributed by atoms with van der Waals surface area (Å²) in [6.45, 7) is 7.03. The van der Waals surface area contributed by atoms with E-state index in [0.717, 1.165) is 25.8 Å². The summed E-state index contributed by atoms with van der Waals surface area (Å²) < 4.78 is 0. The molecule has 0 aromatic rings. The molecule has 82 valence electrons. The van der Waals surface area contributed by atoms with Gasteiger partial charge in [-0.3, -0.25) is 4.79 Å². The number of carbonyl (C=O) groups excluding carboxylic acids is 1. The topological polar surface area (TPSA) is 46.3 Å². The summed E-state index contributed by atoms with van der Waals surface area (Å²) >= 11 is 0. The van der Waals surface area contributed by atoms with Gasteiger partial charge in [-0.1, -0.05) is 6.92 Å². The summed E-state index contributed by atoms with van der Waals surface area (Å²) in [7, 11) is 0. The molecule has 0 radical (unpaired) electrons. The van der Waals surface area contributed by atoms with E-state index in [1.54, 1.807) is 0 Å². The molecule has 2 N–H and O–H groups in total. The van der Waals surface area contributed by atoms with Crippen LogP contribution < -0.4 is 5.73 Å². The lowest BCUT2D eigenvalue weighted by Crippen LogP contribution is -2.56. The highest BCUT2D eigenvalue weighted by Crippen LogP contribution is 2.27. The molecular weight excluding hydrogens is 176 g/mol. The normalized spacial score (nSPS) is 26.3. The second-order valence-corrected chi connectivity index (χ2v) is 4.87. The monoisotopic (exact) mass is 198 g/mol. The van der Waals surface area contributed by atoms with Crippen LogP contribution in [0, 0.1) is 0 Å². The fourth-order valence-corrected chi connectivity index (χ4v) is 2.03. The minimum Gasteiger partial charge on any atom is -0.336 e. The third kappa shape index (κ3) is 2.47. The molecule has 1 aliphatic heterocycles. The summed E-state index contributed by atoms with van der Waals surface area (Å²) in [6.07, 6.45) is 3.61. The van der Waals surface area contributed by atoms with Crippen LogP contribution in [-0.2, 0) is 4.79 Å². The predicted octanol–water partition coefficient (Wildman–Crippen LogP) is 1.51. The molecule has 0 aliphatic carbocycles. The molecule has 3 heteroatoms. The van der Waals surface area contributed by atoms with E-state index in [4.69, 9.17) is 5.73 Å². The molecule has 1 rings (SSSR count). The Hall–Kier alpha value is -0.570. The lowest BCUT2D eigenvalue weighted by Gasteiger charge is -2.44. The van der Waals surface area contributed by atoms with E-state index in [0.29, 0.717) is 6.42 Å². The maximum atomic E-state index is 11.8. The van der Waals surface area contributed by atoms with Gasteiger partial charge in [0, 0.05) is 24.5 Å². The molecule has 0 aromatic carbocycles. The molecule has 0 spiro atoms. The Labute approximate surface area is 86.6 Å². The average Bonchev–Trinajstić information content (AvgIpc) is 2.10. The first kappa shape index (κ1) is 11.5. The minimum atomic E-state index is 0.00211. The smallest absolute Gasteiger partial charge is 0.223 e. The van der Waals surface area contributed by atoms with Crippen LogP contribution in [0.15, 0.2) is 0 Å². The van der Waals surface area contributed by atoms with Crippen molar-refractivity contribution in [2.24, 2.45) is 5.73 Å². The van der Waals surface area contributed by atoms with Crippen LogP contribution in [0.1, 0.15) is 46.5 Å². The van der Waals surface area contributed by atoms with Crippen molar-refractivity contribution >= 4 is 5.91 Å². The van der Waals surface area contributed by atoms with Crippen molar-refractivity contribution in [2.75, 3.05) is 6.54 Å². The van der Waals surface area contributed by atoms with Gasteiger partial charge in [-0.15, -0.1) is 0 Å². The van der Waals surface area contributed by atoms with Crippen molar-refractivity contribution in [3.05, 3.63) is 0 Å². The van der Waals surface area contributed by atoms with Crippen LogP contribution in [-0.4, -0.2) is 28.9 Å². The van der Waals surface area contributed by atoms with Gasteiger partial charge in [0.1, 0.15) is 0 Å². The molecular formula is C11H22N2O. The first-order chi connectivity index (χ1) is 6.47. The van der Waals surface area contributed by atoms with E-state index in [2.05, 4.69) is 13.8 Å². The van der Waals surface area contributed by atoms with Gasteiger partial charge in [0.25, 0.3) is 0 Å². The van der Waals surface area contributed by atoms with E-state index in [1.807, 2.05) is 11.8 Å². The number of hydrogen-bond acceptors (Lipinski definition) is 2. The average molecular weight is 198 g/mol. The first-order valence-electron chi connectivity index (χ1n) is 5.53. The largest absolute Gasteiger partial charge is 0.336 e. The van der Waals surface area contributed by atoms with Gasteiger partial charge in [-0.2, -0.15) is 0 Å². The van der Waals surface area contributed by atoms with E-state index in [9.17, 15) is 4.79 Å². The Morgan fingerprint density at radius 3 is 2.79 bits per heavy atom. The van der Waals surface area contributed by atoms with Crippen molar-refractivity contribution in [3.63, 3.8) is 0 Å². The second-order valence-electron chi connectivity index (χ2n) is 4.87. The van der Waals surface area contributed by atoms with Crippen LogP contribution in [0.3, 0.4) is 0 Å². The van der Waals surface area contributed by atoms with Gasteiger partial charge < -0.3 is 10.6 Å². The highest BCUT2D eigenvalue weighted by atomic mass is 16.2. The number of likely N-dealkylation sites (tertiary alicyclic amines) is 1. The first-order valence-corrected chi connectivity index (χ1v) is 5.53. The fourth-order valence-electron chi connectivity index (χ4n) is 2.03. The molecule has 1 amide bonds. The third-order valence-electron chi connectivity index (χ3n) is 3.04. The maximum Gasteiger partial charge on any atom is 0.223 e. The van der Waals surface area contributed by atoms with Crippen molar-refractivity contribution in [3.8, 4) is 0 Å². The van der Waals surface area contributed by atoms with Crippen LogP contribution in [0.5, 0.6) is 0 Å². The molecule has 1 heterocycles. The lowest BCUT2D eigenvalue weighted by atomic mass is 9.88. The van der Waals surface area contributed by atoms with Crippen molar-refractivity contribution in [2.45, 2.75) is 58.0 Å². The fraction of sp³-hybridized carbons (Fsp3) is 0.909. The highest BCUT2D eigenvalue weighted by Gasteiger charge is 2.35. The Kier molecular flexibility index (Phi) is 3.53. The maximum absolute atomic E-state index is 11.8. The molecule has 14 heavy (non-hydrogen) atoms. The molecule has 1 aliphatic rings. The molecule has 1 atom stereocenters. The second kappa shape index (κ2) is 4.30. The van der Waals surface area contributed by atoms with Crippen LogP contribution in [0.2, 0.25) is 0 Å². The SMILES string of the molecule is CCCC(=O)N1CC(N)CCC1(C)C. The number of nitrogens with zero attached hydrogens (tertiary/aromatic N) is 1. The van der Waals surface area contributed by atoms with E-state index >= 15 is 0 Å². The van der Waals surface area contributed by atoms with Gasteiger partial charge in [-0.05, 0) is 33.1 Å². The molecule has 3 nitrogen and oxygen atoms in total. The number of hydrogen-bond donors (Lipinski definition) is 1. The molecule has 1 saturated heterocycles. The Balaban J connectivity index is 2.67.